The van der Waals surface area contributed by atoms with E-state index in [1.807, 2.05) is 44.7 Å². The number of nitrogens with one attached hydrogen (secondary N) is 4. The number of benzene rings is 1. The van der Waals surface area contributed by atoms with Crippen LogP contribution in [0.4, 0.5) is 8.78 Å². The molecule has 3 aliphatic rings. The van der Waals surface area contributed by atoms with Crippen molar-refractivity contribution in [3.8, 4) is 0 Å². The van der Waals surface area contributed by atoms with E-state index in [9.17, 15) is 8.78 Å². The summed E-state index contributed by atoms with van der Waals surface area (Å²) in [6, 6.07) is 3.96. The highest BCUT2D eigenvalue weighted by Crippen LogP contribution is 2.36. The van der Waals surface area contributed by atoms with Crippen molar-refractivity contribution in [2.45, 2.75) is 59.1 Å². The Balaban J connectivity index is 0.000000231. The molecule has 0 saturated heterocycles. The van der Waals surface area contributed by atoms with E-state index in [-0.39, 0.29) is 11.7 Å². The summed E-state index contributed by atoms with van der Waals surface area (Å²) in [6.07, 6.45) is 8.50. The number of rotatable bonds is 8. The first-order valence-corrected chi connectivity index (χ1v) is 13.3. The van der Waals surface area contributed by atoms with Crippen LogP contribution in [0.3, 0.4) is 0 Å². The Hall–Kier alpha value is -2.36. The molecule has 4 N–H and O–H groups in total. The smallest absolute Gasteiger partial charge is 0.159 e. The second-order valence-corrected chi connectivity index (χ2v) is 8.96. The number of halogens is 2. The highest BCUT2D eigenvalue weighted by Gasteiger charge is 2.30. The molecule has 2 unspecified atom stereocenters. The molecule has 35 heavy (non-hydrogen) atoms. The summed E-state index contributed by atoms with van der Waals surface area (Å²) < 4.78 is 26.1. The molecule has 4 rings (SSSR count). The van der Waals surface area contributed by atoms with Gasteiger partial charge in [-0.1, -0.05) is 32.5 Å². The molecule has 0 bridgehead atoms. The molecule has 3 aliphatic heterocycles. The van der Waals surface area contributed by atoms with Crippen LogP contribution in [0, 0.1) is 11.6 Å². The van der Waals surface area contributed by atoms with Gasteiger partial charge in [-0.15, -0.1) is 0 Å². The summed E-state index contributed by atoms with van der Waals surface area (Å²) >= 11 is 1.65. The minimum Gasteiger partial charge on any atom is -0.385 e. The lowest BCUT2D eigenvalue weighted by Gasteiger charge is -2.15. The molecular formula is C26H40F2N6S. The van der Waals surface area contributed by atoms with Gasteiger partial charge in [0.05, 0.1) is 12.2 Å². The number of allylic oxidation sites excluding steroid dienone is 3. The van der Waals surface area contributed by atoms with E-state index in [4.69, 9.17) is 0 Å². The fourth-order valence-corrected chi connectivity index (χ4v) is 4.48. The van der Waals surface area contributed by atoms with Gasteiger partial charge in [0.15, 0.2) is 17.1 Å². The van der Waals surface area contributed by atoms with Gasteiger partial charge in [0.1, 0.15) is 6.17 Å². The van der Waals surface area contributed by atoms with Gasteiger partial charge in [0.25, 0.3) is 0 Å². The van der Waals surface area contributed by atoms with E-state index >= 15 is 0 Å². The number of hydrogen-bond acceptors (Lipinski definition) is 7. The van der Waals surface area contributed by atoms with Crippen molar-refractivity contribution >= 4 is 23.7 Å². The van der Waals surface area contributed by atoms with E-state index < -0.39 is 11.6 Å². The van der Waals surface area contributed by atoms with E-state index in [2.05, 4.69) is 45.0 Å². The Morgan fingerprint density at radius 2 is 1.91 bits per heavy atom. The Morgan fingerprint density at radius 1 is 1.14 bits per heavy atom. The normalized spacial score (nSPS) is 20.1. The molecule has 1 aromatic rings. The third-order valence-corrected chi connectivity index (χ3v) is 6.36. The number of unbranched alkanes of at least 4 members (excludes halogenated alkanes) is 1. The van der Waals surface area contributed by atoms with Gasteiger partial charge in [-0.3, -0.25) is 10.3 Å². The number of thioether (sulfide) groups is 1. The van der Waals surface area contributed by atoms with Crippen LogP contribution in [0.25, 0.3) is 5.70 Å². The van der Waals surface area contributed by atoms with Crippen molar-refractivity contribution in [1.82, 2.24) is 26.2 Å². The summed E-state index contributed by atoms with van der Waals surface area (Å²) in [5.74, 6) is -1.64. The maximum Gasteiger partial charge on any atom is 0.159 e. The lowest BCUT2D eigenvalue weighted by atomic mass is 10.1. The average molecular weight is 507 g/mol. The Bertz CT molecular complexity index is 915. The van der Waals surface area contributed by atoms with Crippen LogP contribution in [-0.2, 0) is 0 Å². The minimum atomic E-state index is -0.820. The third kappa shape index (κ3) is 8.98. The summed E-state index contributed by atoms with van der Waals surface area (Å²) in [7, 11) is 0. The number of nitrogens with zero attached hydrogens (tertiary/aromatic N) is 2. The van der Waals surface area contributed by atoms with Crippen molar-refractivity contribution in [3.05, 3.63) is 64.5 Å². The molecule has 0 aliphatic carbocycles. The largest absolute Gasteiger partial charge is 0.385 e. The number of aliphatic imine (C=N–C) groups is 1. The van der Waals surface area contributed by atoms with Crippen LogP contribution in [0.15, 0.2) is 52.3 Å². The number of hydrogen-bond donors (Lipinski definition) is 4. The molecule has 0 radical (unpaired) electrons. The third-order valence-electron chi connectivity index (χ3n) is 5.48. The summed E-state index contributed by atoms with van der Waals surface area (Å²) in [6.45, 7) is 14.3. The molecule has 1 aromatic carbocycles. The molecule has 0 saturated carbocycles. The zero-order valence-electron chi connectivity index (χ0n) is 21.5. The topological polar surface area (TPSA) is 63.7 Å². The summed E-state index contributed by atoms with van der Waals surface area (Å²) in [5.41, 5.74) is 3.86. The van der Waals surface area contributed by atoms with Crippen molar-refractivity contribution in [2.24, 2.45) is 4.99 Å². The van der Waals surface area contributed by atoms with Gasteiger partial charge < -0.3 is 20.9 Å². The van der Waals surface area contributed by atoms with Gasteiger partial charge in [-0.2, -0.15) is 0 Å². The SMILES string of the molecule is CC.CC1=C(c2ccc(F)c(F)c2)NC2SC=CN12.CCNCCCCNC1CNC(C)=CC=N1. The zero-order valence-corrected chi connectivity index (χ0v) is 22.3. The quantitative estimate of drug-likeness (QED) is 0.374. The summed E-state index contributed by atoms with van der Waals surface area (Å²) in [4.78, 5) is 6.49. The summed E-state index contributed by atoms with van der Waals surface area (Å²) in [5, 5.41) is 15.4. The predicted molar refractivity (Wildman–Crippen MR) is 146 cm³/mol. The van der Waals surface area contributed by atoms with Gasteiger partial charge in [0.2, 0.25) is 0 Å². The van der Waals surface area contributed by atoms with Crippen molar-refractivity contribution in [3.63, 3.8) is 0 Å². The molecule has 194 valence electrons. The molecule has 2 atom stereocenters. The Kier molecular flexibility index (Phi) is 12.9. The molecule has 0 fully saturated rings. The maximum atomic E-state index is 13.2. The lowest BCUT2D eigenvalue weighted by Crippen LogP contribution is -2.36. The van der Waals surface area contributed by atoms with Crippen LogP contribution in [0.1, 0.15) is 53.0 Å². The fourth-order valence-electron chi connectivity index (χ4n) is 3.58. The monoisotopic (exact) mass is 506 g/mol. The van der Waals surface area contributed by atoms with Gasteiger partial charge in [0, 0.05) is 29.4 Å². The second kappa shape index (κ2) is 15.6. The van der Waals surface area contributed by atoms with Gasteiger partial charge in [-0.05, 0) is 76.0 Å². The van der Waals surface area contributed by atoms with E-state index in [0.717, 1.165) is 43.6 Å². The van der Waals surface area contributed by atoms with E-state index in [1.165, 1.54) is 24.6 Å². The van der Waals surface area contributed by atoms with Gasteiger partial charge >= 0.3 is 0 Å². The van der Waals surface area contributed by atoms with E-state index in [0.29, 0.717) is 5.56 Å². The molecule has 6 nitrogen and oxygen atoms in total. The molecule has 9 heteroatoms. The van der Waals surface area contributed by atoms with Crippen LogP contribution in [0.5, 0.6) is 0 Å². The molecule has 0 amide bonds. The fraction of sp³-hybridized carbons (Fsp3) is 0.500. The Labute approximate surface area is 213 Å². The first-order valence-electron chi connectivity index (χ1n) is 12.4. The van der Waals surface area contributed by atoms with Crippen LogP contribution in [-0.4, -0.2) is 49.0 Å². The Morgan fingerprint density at radius 3 is 2.63 bits per heavy atom. The first-order chi connectivity index (χ1) is 17.0. The molecule has 3 heterocycles. The molecular weight excluding hydrogens is 466 g/mol. The minimum absolute atomic E-state index is 0.137. The maximum absolute atomic E-state index is 13.2. The lowest BCUT2D eigenvalue weighted by molar-refractivity contribution is 0.463. The van der Waals surface area contributed by atoms with Crippen molar-refractivity contribution < 1.29 is 8.78 Å². The molecule has 0 aromatic heterocycles. The van der Waals surface area contributed by atoms with Crippen LogP contribution < -0.4 is 21.3 Å². The first kappa shape index (κ1) is 28.9. The van der Waals surface area contributed by atoms with Crippen molar-refractivity contribution in [1.29, 1.82) is 0 Å². The highest BCUT2D eigenvalue weighted by atomic mass is 32.2. The van der Waals surface area contributed by atoms with Crippen LogP contribution >= 0.6 is 11.8 Å². The number of fused-ring (bicyclic) bond motifs is 1. The predicted octanol–water partition coefficient (Wildman–Crippen LogP) is 4.96. The van der Waals surface area contributed by atoms with E-state index in [1.54, 1.807) is 17.8 Å². The standard InChI is InChI=1S/C12H10F2N2S.C12H24N4.C2H6/c1-7-11(15-12-16(7)4-5-17-12)8-2-3-9(13)10(14)6-8;1-3-13-7-4-5-8-14-12-10-16-11(2)6-9-15-12;1-2/h2-6,12,15H,1H3;6,9,12-14,16H,3-5,7-8,10H2,1-2H3;1-2H3. The second-order valence-electron chi connectivity index (χ2n) is 7.97. The van der Waals surface area contributed by atoms with Crippen molar-refractivity contribution in [2.75, 3.05) is 26.2 Å². The van der Waals surface area contributed by atoms with Crippen LogP contribution in [0.2, 0.25) is 0 Å². The average Bonchev–Trinajstić information content (AvgIpc) is 3.38. The zero-order chi connectivity index (χ0) is 25.6. The highest BCUT2D eigenvalue weighted by molar-refractivity contribution is 8.02. The van der Waals surface area contributed by atoms with Gasteiger partial charge in [-0.25, -0.2) is 8.78 Å². The molecule has 0 spiro atoms.